The van der Waals surface area contributed by atoms with Crippen molar-refractivity contribution in [2.75, 3.05) is 34.3 Å². The molecule has 2 N–H and O–H groups in total. The van der Waals surface area contributed by atoms with E-state index in [1.54, 1.807) is 30.3 Å². The molecule has 0 spiro atoms. The van der Waals surface area contributed by atoms with Crippen molar-refractivity contribution in [3.8, 4) is 11.8 Å². The summed E-state index contributed by atoms with van der Waals surface area (Å²) in [6, 6.07) is 13.5. The van der Waals surface area contributed by atoms with Gasteiger partial charge in [-0.25, -0.2) is 9.38 Å². The SMILES string of the molecule is COc1ccc(/C(C=O)=C(/N=C(N(C)C)N2CCC(N)CC2)c2ccccc2C#N)cc1F. The van der Waals surface area contributed by atoms with Crippen LogP contribution in [0, 0.1) is 17.1 Å². The fourth-order valence-corrected chi connectivity index (χ4v) is 3.80. The van der Waals surface area contributed by atoms with E-state index in [4.69, 9.17) is 15.5 Å². The lowest BCUT2D eigenvalue weighted by Crippen LogP contribution is -2.47. The molecule has 0 atom stereocenters. The Kier molecular flexibility index (Phi) is 7.80. The third kappa shape index (κ3) is 5.38. The minimum absolute atomic E-state index is 0.0742. The van der Waals surface area contributed by atoms with Crippen LogP contribution in [0.15, 0.2) is 47.5 Å². The molecule has 1 saturated heterocycles. The maximum Gasteiger partial charge on any atom is 0.201 e. The summed E-state index contributed by atoms with van der Waals surface area (Å²) in [6.07, 6.45) is 2.30. The zero-order chi connectivity index (χ0) is 24.0. The van der Waals surface area contributed by atoms with Crippen LogP contribution in [0.5, 0.6) is 5.75 Å². The lowest BCUT2D eigenvalue weighted by Gasteiger charge is -2.35. The Labute approximate surface area is 193 Å². The van der Waals surface area contributed by atoms with Gasteiger partial charge >= 0.3 is 0 Å². The van der Waals surface area contributed by atoms with Crippen LogP contribution in [-0.2, 0) is 4.79 Å². The Morgan fingerprint density at radius 3 is 2.55 bits per heavy atom. The van der Waals surface area contributed by atoms with Crippen LogP contribution in [0.3, 0.4) is 0 Å². The number of rotatable bonds is 5. The summed E-state index contributed by atoms with van der Waals surface area (Å²) in [5.74, 6) is 0.118. The summed E-state index contributed by atoms with van der Waals surface area (Å²) < 4.78 is 19.5. The Balaban J connectivity index is 2.27. The molecule has 0 bridgehead atoms. The molecular formula is C25H28FN5O2. The van der Waals surface area contributed by atoms with Crippen molar-refractivity contribution in [1.82, 2.24) is 9.80 Å². The van der Waals surface area contributed by atoms with Crippen molar-refractivity contribution in [2.24, 2.45) is 10.7 Å². The molecule has 172 valence electrons. The van der Waals surface area contributed by atoms with E-state index >= 15 is 0 Å². The average Bonchev–Trinajstić information content (AvgIpc) is 2.82. The zero-order valence-corrected chi connectivity index (χ0v) is 19.1. The third-order valence-corrected chi connectivity index (χ3v) is 5.57. The Hall–Kier alpha value is -3.70. The number of nitrogens with zero attached hydrogens (tertiary/aromatic N) is 4. The van der Waals surface area contributed by atoms with Gasteiger partial charge in [-0.05, 0) is 36.6 Å². The van der Waals surface area contributed by atoms with E-state index in [2.05, 4.69) is 11.0 Å². The van der Waals surface area contributed by atoms with Gasteiger partial charge in [-0.15, -0.1) is 0 Å². The number of ether oxygens (including phenoxy) is 1. The molecule has 0 amide bonds. The largest absolute Gasteiger partial charge is 0.494 e. The minimum Gasteiger partial charge on any atom is -0.494 e. The van der Waals surface area contributed by atoms with E-state index in [0.29, 0.717) is 34.6 Å². The van der Waals surface area contributed by atoms with Gasteiger partial charge in [0, 0.05) is 44.4 Å². The van der Waals surface area contributed by atoms with Crippen LogP contribution in [-0.4, -0.2) is 62.4 Å². The van der Waals surface area contributed by atoms with E-state index in [-0.39, 0.29) is 17.4 Å². The first-order valence-corrected chi connectivity index (χ1v) is 10.7. The van der Waals surface area contributed by atoms with Crippen LogP contribution in [0.2, 0.25) is 0 Å². The van der Waals surface area contributed by atoms with Gasteiger partial charge in [-0.2, -0.15) is 5.26 Å². The number of halogens is 1. The highest BCUT2D eigenvalue weighted by molar-refractivity contribution is 6.18. The summed E-state index contributed by atoms with van der Waals surface area (Å²) >= 11 is 0. The number of aliphatic imine (C=N–C) groups is 1. The number of allylic oxidation sites excluding steroid dienone is 1. The fraction of sp³-hybridized carbons (Fsp3) is 0.320. The molecule has 0 aliphatic carbocycles. The molecule has 3 rings (SSSR count). The number of piperidine rings is 1. The molecule has 0 radical (unpaired) electrons. The molecule has 1 aliphatic heterocycles. The quantitative estimate of drug-likeness (QED) is 0.248. The van der Waals surface area contributed by atoms with Gasteiger partial charge in [0.25, 0.3) is 0 Å². The monoisotopic (exact) mass is 449 g/mol. The summed E-state index contributed by atoms with van der Waals surface area (Å²) in [4.78, 5) is 21.2. The lowest BCUT2D eigenvalue weighted by atomic mass is 9.97. The van der Waals surface area contributed by atoms with Crippen molar-refractivity contribution < 1.29 is 13.9 Å². The molecule has 8 heteroatoms. The Bertz CT molecular complexity index is 1110. The molecule has 1 aliphatic rings. The van der Waals surface area contributed by atoms with Crippen molar-refractivity contribution in [2.45, 2.75) is 18.9 Å². The number of carbonyl (C=O) groups excluding carboxylic acids is 1. The van der Waals surface area contributed by atoms with Crippen molar-refractivity contribution in [3.63, 3.8) is 0 Å². The summed E-state index contributed by atoms with van der Waals surface area (Å²) in [7, 11) is 5.12. The van der Waals surface area contributed by atoms with Gasteiger partial charge in [0.15, 0.2) is 17.9 Å². The van der Waals surface area contributed by atoms with Gasteiger partial charge in [-0.3, -0.25) is 4.79 Å². The smallest absolute Gasteiger partial charge is 0.201 e. The number of guanidine groups is 1. The number of likely N-dealkylation sites (tertiary alicyclic amines) is 1. The highest BCUT2D eigenvalue weighted by Crippen LogP contribution is 2.31. The second-order valence-corrected chi connectivity index (χ2v) is 8.02. The highest BCUT2D eigenvalue weighted by Gasteiger charge is 2.23. The number of benzene rings is 2. The van der Waals surface area contributed by atoms with Crippen LogP contribution >= 0.6 is 0 Å². The summed E-state index contributed by atoms with van der Waals surface area (Å²) in [5.41, 5.74) is 7.74. The maximum absolute atomic E-state index is 14.5. The van der Waals surface area contributed by atoms with Gasteiger partial charge in [0.1, 0.15) is 0 Å². The van der Waals surface area contributed by atoms with Crippen molar-refractivity contribution >= 4 is 23.5 Å². The number of hydrogen-bond donors (Lipinski definition) is 1. The second-order valence-electron chi connectivity index (χ2n) is 8.02. The third-order valence-electron chi connectivity index (χ3n) is 5.57. The van der Waals surface area contributed by atoms with Gasteiger partial charge < -0.3 is 20.3 Å². The Morgan fingerprint density at radius 1 is 1.27 bits per heavy atom. The molecule has 1 fully saturated rings. The number of aldehydes is 1. The molecule has 2 aromatic carbocycles. The number of hydrogen-bond acceptors (Lipinski definition) is 5. The van der Waals surface area contributed by atoms with Gasteiger partial charge in [-0.1, -0.05) is 24.3 Å². The fourth-order valence-electron chi connectivity index (χ4n) is 3.80. The highest BCUT2D eigenvalue weighted by atomic mass is 19.1. The minimum atomic E-state index is -0.593. The molecule has 0 aromatic heterocycles. The first kappa shape index (κ1) is 24.0. The van der Waals surface area contributed by atoms with Gasteiger partial charge in [0.2, 0.25) is 5.96 Å². The van der Waals surface area contributed by atoms with Crippen LogP contribution in [0.25, 0.3) is 11.3 Å². The predicted molar refractivity (Wildman–Crippen MR) is 127 cm³/mol. The number of carbonyl (C=O) groups is 1. The average molecular weight is 450 g/mol. The van der Waals surface area contributed by atoms with Crippen molar-refractivity contribution in [1.29, 1.82) is 5.26 Å². The molecule has 0 saturated carbocycles. The lowest BCUT2D eigenvalue weighted by molar-refractivity contribution is -0.103. The van der Waals surface area contributed by atoms with Crippen LogP contribution in [0.1, 0.15) is 29.5 Å². The van der Waals surface area contributed by atoms with E-state index in [1.165, 1.54) is 19.2 Å². The molecule has 1 heterocycles. The van der Waals surface area contributed by atoms with Crippen LogP contribution in [0.4, 0.5) is 4.39 Å². The maximum atomic E-state index is 14.5. The topological polar surface area (TPSA) is 94.9 Å². The van der Waals surface area contributed by atoms with Crippen molar-refractivity contribution in [3.05, 3.63) is 65.0 Å². The molecular weight excluding hydrogens is 421 g/mol. The number of methoxy groups -OCH3 is 1. The van der Waals surface area contributed by atoms with E-state index in [0.717, 1.165) is 25.9 Å². The van der Waals surface area contributed by atoms with Crippen LogP contribution < -0.4 is 10.5 Å². The zero-order valence-electron chi connectivity index (χ0n) is 19.1. The van der Waals surface area contributed by atoms with E-state index in [1.807, 2.05) is 19.0 Å². The Morgan fingerprint density at radius 2 is 1.97 bits per heavy atom. The summed E-state index contributed by atoms with van der Waals surface area (Å²) in [5, 5.41) is 9.71. The standard InChI is InChI=1S/C25H28FN5O2/c1-30(2)25(31-12-10-19(28)11-13-31)29-24(20-7-5-4-6-18(20)15-27)21(16-32)17-8-9-23(33-3)22(26)14-17/h4-9,14,16,19H,10-13,28H2,1-3H3/b24-21+,29-25?. The normalized spacial score (nSPS) is 15.5. The van der Waals surface area contributed by atoms with E-state index in [9.17, 15) is 14.4 Å². The second kappa shape index (κ2) is 10.7. The summed E-state index contributed by atoms with van der Waals surface area (Å²) in [6.45, 7) is 1.44. The molecule has 2 aromatic rings. The molecule has 33 heavy (non-hydrogen) atoms. The number of nitriles is 1. The predicted octanol–water partition coefficient (Wildman–Crippen LogP) is 3.11. The van der Waals surface area contributed by atoms with E-state index < -0.39 is 5.82 Å². The molecule has 0 unspecified atom stereocenters. The first-order valence-electron chi connectivity index (χ1n) is 10.7. The number of nitrogens with two attached hydrogens (primary N) is 1. The van der Waals surface area contributed by atoms with Gasteiger partial charge in [0.05, 0.1) is 24.4 Å². The molecule has 7 nitrogen and oxygen atoms in total. The first-order chi connectivity index (χ1) is 15.9.